The van der Waals surface area contributed by atoms with Crippen LogP contribution in [0.2, 0.25) is 0 Å². The highest BCUT2D eigenvalue weighted by Gasteiger charge is 1.88. The molecule has 0 aliphatic heterocycles. The average Bonchev–Trinajstić information content (AvgIpc) is 2.26. The van der Waals surface area contributed by atoms with Crippen molar-refractivity contribution < 1.29 is 5.32 Å². The maximum atomic E-state index is 3.91. The first kappa shape index (κ1) is 11.3. The van der Waals surface area contributed by atoms with E-state index < -0.39 is 0 Å². The minimum Gasteiger partial charge on any atom is -0.356 e. The van der Waals surface area contributed by atoms with Crippen LogP contribution in [-0.4, -0.2) is 7.05 Å². The number of benzene rings is 1. The maximum absolute atomic E-state index is 3.91. The second-order valence-electron chi connectivity index (χ2n) is 3.09. The fourth-order valence-corrected chi connectivity index (χ4v) is 1.10. The Morgan fingerprint density at radius 1 is 1.27 bits per heavy atom. The van der Waals surface area contributed by atoms with E-state index in [0.29, 0.717) is 0 Å². The second-order valence-corrected chi connectivity index (χ2v) is 3.09. The first-order valence-electron chi connectivity index (χ1n) is 4.96. The van der Waals surface area contributed by atoms with Crippen LogP contribution in [0.25, 0.3) is 0 Å². The maximum Gasteiger partial charge on any atom is 0.0923 e. The third-order valence-electron chi connectivity index (χ3n) is 1.79. The number of hydrogen-bond donors (Lipinski definition) is 2. The van der Waals surface area contributed by atoms with E-state index in [9.17, 15) is 0 Å². The van der Waals surface area contributed by atoms with Gasteiger partial charge in [-0.25, -0.2) is 0 Å². The fraction of sp³-hybridized carbons (Fsp3) is 0.0769. The molecule has 1 rings (SSSR count). The Kier molecular flexibility index (Phi) is 4.98. The number of nitrogens with one attached hydrogen (secondary N) is 1. The molecule has 0 radical (unpaired) electrons. The molecule has 0 saturated carbocycles. The van der Waals surface area contributed by atoms with Crippen LogP contribution in [0, 0.1) is 0 Å². The van der Waals surface area contributed by atoms with Crippen LogP contribution in [0.5, 0.6) is 0 Å². The lowest BCUT2D eigenvalue weighted by atomic mass is 10.3. The Hall–Kier alpha value is -1.80. The summed E-state index contributed by atoms with van der Waals surface area (Å²) >= 11 is 0. The molecule has 0 aromatic heterocycles. The van der Waals surface area contributed by atoms with Crippen LogP contribution in [0.1, 0.15) is 0 Å². The van der Waals surface area contributed by atoms with Gasteiger partial charge in [0.05, 0.1) is 13.2 Å². The number of para-hydroxylation sites is 1. The van der Waals surface area contributed by atoms with Crippen LogP contribution >= 0.6 is 0 Å². The summed E-state index contributed by atoms with van der Waals surface area (Å²) in [5.74, 6) is 0. The molecule has 1 aromatic carbocycles. The summed E-state index contributed by atoms with van der Waals surface area (Å²) in [6.45, 7) is 3.91. The first-order valence-corrected chi connectivity index (χ1v) is 4.96. The zero-order valence-corrected chi connectivity index (χ0v) is 8.98. The van der Waals surface area contributed by atoms with Gasteiger partial charge in [-0.3, -0.25) is 0 Å². The molecule has 0 saturated heterocycles. The highest BCUT2D eigenvalue weighted by Crippen LogP contribution is 2.08. The third kappa shape index (κ3) is 4.84. The molecule has 15 heavy (non-hydrogen) atoms. The van der Waals surface area contributed by atoms with Crippen molar-refractivity contribution >= 4 is 5.69 Å². The monoisotopic (exact) mass is 201 g/mol. The van der Waals surface area contributed by atoms with Gasteiger partial charge < -0.3 is 10.6 Å². The van der Waals surface area contributed by atoms with E-state index in [-0.39, 0.29) is 0 Å². The van der Waals surface area contributed by atoms with Crippen LogP contribution in [0.3, 0.4) is 0 Å². The van der Waals surface area contributed by atoms with E-state index in [2.05, 4.69) is 11.9 Å². The van der Waals surface area contributed by atoms with Crippen LogP contribution in [0.4, 0.5) is 5.69 Å². The quantitative estimate of drug-likeness (QED) is 0.700. The summed E-state index contributed by atoms with van der Waals surface area (Å²) in [7, 11) is 1.99. The van der Waals surface area contributed by atoms with Gasteiger partial charge in [-0.1, -0.05) is 30.9 Å². The van der Waals surface area contributed by atoms with Crippen molar-refractivity contribution in [3.8, 4) is 0 Å². The molecule has 0 spiro atoms. The lowest BCUT2D eigenvalue weighted by Gasteiger charge is -2.04. The highest BCUT2D eigenvalue weighted by molar-refractivity contribution is 5.49. The van der Waals surface area contributed by atoms with Gasteiger partial charge in [0.25, 0.3) is 0 Å². The summed E-state index contributed by atoms with van der Waals surface area (Å²) in [6, 6.07) is 9.99. The third-order valence-corrected chi connectivity index (χ3v) is 1.79. The van der Waals surface area contributed by atoms with Gasteiger partial charge in [0.1, 0.15) is 0 Å². The van der Waals surface area contributed by atoms with Crippen LogP contribution in [-0.2, 0) is 0 Å². The van der Waals surface area contributed by atoms with E-state index in [1.165, 1.54) is 0 Å². The predicted molar refractivity (Wildman–Crippen MR) is 65.3 cm³/mol. The van der Waals surface area contributed by atoms with Gasteiger partial charge in [-0.15, -0.1) is 0 Å². The molecule has 3 N–H and O–H groups in total. The zero-order valence-electron chi connectivity index (χ0n) is 8.98. The van der Waals surface area contributed by atoms with Gasteiger partial charge in [0.2, 0.25) is 0 Å². The van der Waals surface area contributed by atoms with Crippen molar-refractivity contribution in [3.63, 3.8) is 0 Å². The number of quaternary nitrogens is 1. The summed E-state index contributed by atoms with van der Waals surface area (Å²) in [4.78, 5) is 0. The smallest absolute Gasteiger partial charge is 0.0923 e. The Labute approximate surface area is 91.0 Å². The molecule has 0 aliphatic carbocycles. The van der Waals surface area contributed by atoms with E-state index in [0.717, 1.165) is 11.4 Å². The molecular weight excluding hydrogens is 184 g/mol. The standard InChI is InChI=1S/C13H16N2/c1-12(8-6-7-11-14-2)15-13-9-4-3-5-10-13/h3-11,14-15H,1H2,2H3/p+1. The van der Waals surface area contributed by atoms with E-state index in [4.69, 9.17) is 0 Å². The molecule has 0 fully saturated rings. The molecule has 2 nitrogen and oxygen atoms in total. The number of anilines is 1. The number of allylic oxidation sites excluding steroid dienone is 3. The fourth-order valence-electron chi connectivity index (χ4n) is 1.10. The topological polar surface area (TPSA) is 28.6 Å². The number of rotatable bonds is 5. The molecule has 0 aliphatic rings. The Morgan fingerprint density at radius 3 is 2.67 bits per heavy atom. The van der Waals surface area contributed by atoms with Crippen molar-refractivity contribution in [2.45, 2.75) is 0 Å². The number of hydrogen-bond acceptors (Lipinski definition) is 1. The summed E-state index contributed by atoms with van der Waals surface area (Å²) < 4.78 is 0. The second kappa shape index (κ2) is 6.62. The summed E-state index contributed by atoms with van der Waals surface area (Å²) in [5, 5.41) is 5.18. The molecule has 2 heteroatoms. The first-order chi connectivity index (χ1) is 7.33. The number of nitrogens with two attached hydrogens (primary N) is 1. The van der Waals surface area contributed by atoms with Crippen molar-refractivity contribution in [3.05, 3.63) is 67.0 Å². The minimum absolute atomic E-state index is 0.877. The van der Waals surface area contributed by atoms with Gasteiger partial charge in [-0.2, -0.15) is 0 Å². The molecule has 0 amide bonds. The van der Waals surface area contributed by atoms with Crippen molar-refractivity contribution in [1.29, 1.82) is 0 Å². The van der Waals surface area contributed by atoms with Gasteiger partial charge >= 0.3 is 0 Å². The molecule has 0 heterocycles. The highest BCUT2D eigenvalue weighted by atomic mass is 14.9. The van der Waals surface area contributed by atoms with E-state index in [1.807, 2.05) is 67.1 Å². The molecular formula is C13H17N2+. The van der Waals surface area contributed by atoms with Crippen molar-refractivity contribution in [1.82, 2.24) is 0 Å². The normalized spacial score (nSPS) is 11.0. The summed E-state index contributed by atoms with van der Waals surface area (Å²) in [5.41, 5.74) is 1.93. The largest absolute Gasteiger partial charge is 0.356 e. The van der Waals surface area contributed by atoms with Gasteiger partial charge in [0, 0.05) is 11.4 Å². The van der Waals surface area contributed by atoms with Gasteiger partial charge in [-0.05, 0) is 24.3 Å². The molecule has 0 atom stereocenters. The Bertz CT molecular complexity index is 350. The lowest BCUT2D eigenvalue weighted by molar-refractivity contribution is -0.556. The van der Waals surface area contributed by atoms with E-state index in [1.54, 1.807) is 0 Å². The zero-order chi connectivity index (χ0) is 10.9. The SMILES string of the molecule is C=C(C=CC=C[NH2+]C)Nc1ccccc1. The lowest BCUT2D eigenvalue weighted by Crippen LogP contribution is -2.72. The van der Waals surface area contributed by atoms with E-state index >= 15 is 0 Å². The van der Waals surface area contributed by atoms with Crippen LogP contribution in [0.15, 0.2) is 67.0 Å². The molecule has 0 unspecified atom stereocenters. The summed E-state index contributed by atoms with van der Waals surface area (Å²) in [6.07, 6.45) is 7.84. The Morgan fingerprint density at radius 2 is 2.00 bits per heavy atom. The van der Waals surface area contributed by atoms with Crippen molar-refractivity contribution in [2.24, 2.45) is 0 Å². The van der Waals surface area contributed by atoms with Crippen molar-refractivity contribution in [2.75, 3.05) is 12.4 Å². The Balaban J connectivity index is 2.43. The molecule has 78 valence electrons. The predicted octanol–water partition coefficient (Wildman–Crippen LogP) is 1.88. The minimum atomic E-state index is 0.877. The molecule has 1 aromatic rings. The van der Waals surface area contributed by atoms with Crippen LogP contribution < -0.4 is 10.6 Å². The average molecular weight is 201 g/mol. The van der Waals surface area contributed by atoms with Gasteiger partial charge in [0.15, 0.2) is 0 Å². The molecule has 0 bridgehead atoms.